The third-order valence-electron chi connectivity index (χ3n) is 2.47. The molecule has 0 fully saturated rings. The van der Waals surface area contributed by atoms with Crippen LogP contribution in [0.3, 0.4) is 0 Å². The standard InChI is InChI=1S/C14H12BrFS/c1-10-4-2-3-5-14(10)17-9-11-6-7-13(16)12(15)8-11/h2-8H,9H2,1H3. The fraction of sp³-hybridized carbons (Fsp3) is 0.143. The van der Waals surface area contributed by atoms with Gasteiger partial charge in [-0.15, -0.1) is 11.8 Å². The Kier molecular flexibility index (Phi) is 4.24. The van der Waals surface area contributed by atoms with E-state index in [2.05, 4.69) is 35.0 Å². The first-order valence-electron chi connectivity index (χ1n) is 5.29. The number of rotatable bonds is 3. The van der Waals surface area contributed by atoms with Crippen LogP contribution in [0.1, 0.15) is 11.1 Å². The molecule has 0 atom stereocenters. The third-order valence-corrected chi connectivity index (χ3v) is 4.33. The topological polar surface area (TPSA) is 0 Å². The second-order valence-corrected chi connectivity index (χ2v) is 5.67. The molecule has 2 aromatic carbocycles. The Hall–Kier alpha value is -0.800. The van der Waals surface area contributed by atoms with Crippen LogP contribution in [0, 0.1) is 12.7 Å². The average Bonchev–Trinajstić information content (AvgIpc) is 2.32. The molecular formula is C14H12BrFS. The first-order valence-corrected chi connectivity index (χ1v) is 7.07. The highest BCUT2D eigenvalue weighted by Gasteiger charge is 2.02. The van der Waals surface area contributed by atoms with Gasteiger partial charge in [-0.3, -0.25) is 0 Å². The van der Waals surface area contributed by atoms with Gasteiger partial charge in [-0.1, -0.05) is 24.3 Å². The molecule has 0 amide bonds. The first-order chi connectivity index (χ1) is 8.16. The summed E-state index contributed by atoms with van der Waals surface area (Å²) < 4.78 is 13.6. The van der Waals surface area contributed by atoms with Crippen molar-refractivity contribution >= 4 is 27.7 Å². The first kappa shape index (κ1) is 12.7. The molecule has 0 aliphatic carbocycles. The molecule has 0 aliphatic rings. The van der Waals surface area contributed by atoms with E-state index in [1.807, 2.05) is 24.3 Å². The minimum Gasteiger partial charge on any atom is -0.206 e. The third kappa shape index (κ3) is 3.33. The molecule has 0 saturated carbocycles. The molecule has 0 bridgehead atoms. The predicted octanol–water partition coefficient (Wildman–Crippen LogP) is 5.19. The Bertz CT molecular complexity index is 525. The summed E-state index contributed by atoms with van der Waals surface area (Å²) in [4.78, 5) is 1.27. The van der Waals surface area contributed by atoms with Crippen molar-refractivity contribution in [3.05, 3.63) is 63.9 Å². The largest absolute Gasteiger partial charge is 0.206 e. The molecule has 0 nitrogen and oxygen atoms in total. The molecule has 0 saturated heterocycles. The fourth-order valence-electron chi connectivity index (χ4n) is 1.51. The molecule has 0 spiro atoms. The zero-order valence-corrected chi connectivity index (χ0v) is 11.8. The van der Waals surface area contributed by atoms with E-state index in [0.717, 1.165) is 11.3 Å². The summed E-state index contributed by atoms with van der Waals surface area (Å²) in [6.07, 6.45) is 0. The quantitative estimate of drug-likeness (QED) is 0.703. The molecule has 2 rings (SSSR count). The maximum absolute atomic E-state index is 13.1. The molecular weight excluding hydrogens is 299 g/mol. The summed E-state index contributed by atoms with van der Waals surface area (Å²) >= 11 is 4.97. The molecule has 17 heavy (non-hydrogen) atoms. The van der Waals surface area contributed by atoms with Crippen LogP contribution in [0.4, 0.5) is 4.39 Å². The fourth-order valence-corrected chi connectivity index (χ4v) is 2.91. The van der Waals surface area contributed by atoms with Crippen LogP contribution < -0.4 is 0 Å². The van der Waals surface area contributed by atoms with Crippen molar-refractivity contribution in [3.63, 3.8) is 0 Å². The minimum absolute atomic E-state index is 0.213. The number of halogens is 2. The van der Waals surface area contributed by atoms with Gasteiger partial charge in [-0.25, -0.2) is 4.39 Å². The van der Waals surface area contributed by atoms with Gasteiger partial charge in [0, 0.05) is 10.6 Å². The van der Waals surface area contributed by atoms with Crippen LogP contribution in [0.5, 0.6) is 0 Å². The normalized spacial score (nSPS) is 10.5. The second kappa shape index (κ2) is 5.69. The molecule has 2 aromatic rings. The predicted molar refractivity (Wildman–Crippen MR) is 74.8 cm³/mol. The Morgan fingerprint density at radius 2 is 1.94 bits per heavy atom. The lowest BCUT2D eigenvalue weighted by Crippen LogP contribution is -1.85. The lowest BCUT2D eigenvalue weighted by molar-refractivity contribution is 0.620. The van der Waals surface area contributed by atoms with Crippen LogP contribution in [-0.4, -0.2) is 0 Å². The maximum atomic E-state index is 13.1. The molecule has 0 radical (unpaired) electrons. The Morgan fingerprint density at radius 3 is 2.65 bits per heavy atom. The lowest BCUT2D eigenvalue weighted by atomic mass is 10.2. The highest BCUT2D eigenvalue weighted by atomic mass is 79.9. The van der Waals surface area contributed by atoms with Gasteiger partial charge < -0.3 is 0 Å². The van der Waals surface area contributed by atoms with Crippen molar-refractivity contribution in [1.29, 1.82) is 0 Å². The van der Waals surface area contributed by atoms with Gasteiger partial charge in [0.25, 0.3) is 0 Å². The van der Waals surface area contributed by atoms with E-state index in [9.17, 15) is 4.39 Å². The summed E-state index contributed by atoms with van der Waals surface area (Å²) in [5.74, 6) is 0.638. The van der Waals surface area contributed by atoms with Crippen molar-refractivity contribution in [3.8, 4) is 0 Å². The van der Waals surface area contributed by atoms with Crippen LogP contribution in [0.15, 0.2) is 51.8 Å². The summed E-state index contributed by atoms with van der Waals surface area (Å²) in [5, 5.41) is 0. The van der Waals surface area contributed by atoms with Gasteiger partial charge in [0.15, 0.2) is 0 Å². The highest BCUT2D eigenvalue weighted by Crippen LogP contribution is 2.27. The second-order valence-electron chi connectivity index (χ2n) is 3.80. The highest BCUT2D eigenvalue weighted by molar-refractivity contribution is 9.10. The van der Waals surface area contributed by atoms with E-state index in [-0.39, 0.29) is 5.82 Å². The SMILES string of the molecule is Cc1ccccc1SCc1ccc(F)c(Br)c1. The van der Waals surface area contributed by atoms with Crippen molar-refractivity contribution in [2.24, 2.45) is 0 Å². The summed E-state index contributed by atoms with van der Waals surface area (Å²) in [7, 11) is 0. The number of benzene rings is 2. The van der Waals surface area contributed by atoms with Crippen molar-refractivity contribution in [2.45, 2.75) is 17.6 Å². The Morgan fingerprint density at radius 1 is 1.18 bits per heavy atom. The molecule has 0 N–H and O–H groups in total. The van der Waals surface area contributed by atoms with Crippen LogP contribution in [0.2, 0.25) is 0 Å². The molecule has 88 valence electrons. The van der Waals surface area contributed by atoms with Gasteiger partial charge >= 0.3 is 0 Å². The van der Waals surface area contributed by atoms with Gasteiger partial charge in [-0.2, -0.15) is 0 Å². The van der Waals surface area contributed by atoms with Gasteiger partial charge in [0.05, 0.1) is 4.47 Å². The zero-order chi connectivity index (χ0) is 12.3. The van der Waals surface area contributed by atoms with Gasteiger partial charge in [-0.05, 0) is 52.2 Å². The van der Waals surface area contributed by atoms with Crippen LogP contribution >= 0.6 is 27.7 Å². The van der Waals surface area contributed by atoms with E-state index in [4.69, 9.17) is 0 Å². The van der Waals surface area contributed by atoms with E-state index in [0.29, 0.717) is 4.47 Å². The lowest BCUT2D eigenvalue weighted by Gasteiger charge is -2.05. The Balaban J connectivity index is 2.08. The zero-order valence-electron chi connectivity index (χ0n) is 9.41. The van der Waals surface area contributed by atoms with Gasteiger partial charge in [0.2, 0.25) is 0 Å². The van der Waals surface area contributed by atoms with Crippen LogP contribution in [-0.2, 0) is 5.75 Å². The monoisotopic (exact) mass is 310 g/mol. The summed E-state index contributed by atoms with van der Waals surface area (Å²) in [6.45, 7) is 2.10. The van der Waals surface area contributed by atoms with Crippen LogP contribution in [0.25, 0.3) is 0 Å². The number of hydrogen-bond acceptors (Lipinski definition) is 1. The summed E-state index contributed by atoms with van der Waals surface area (Å²) in [6, 6.07) is 13.4. The number of aryl methyl sites for hydroxylation is 1. The van der Waals surface area contributed by atoms with Gasteiger partial charge in [0.1, 0.15) is 5.82 Å². The van der Waals surface area contributed by atoms with E-state index < -0.39 is 0 Å². The molecule has 0 heterocycles. The van der Waals surface area contributed by atoms with E-state index in [1.165, 1.54) is 16.5 Å². The van der Waals surface area contributed by atoms with E-state index >= 15 is 0 Å². The van der Waals surface area contributed by atoms with Crippen molar-refractivity contribution in [1.82, 2.24) is 0 Å². The van der Waals surface area contributed by atoms with Crippen molar-refractivity contribution < 1.29 is 4.39 Å². The van der Waals surface area contributed by atoms with E-state index in [1.54, 1.807) is 11.8 Å². The minimum atomic E-state index is -0.213. The maximum Gasteiger partial charge on any atom is 0.137 e. The van der Waals surface area contributed by atoms with Crippen molar-refractivity contribution in [2.75, 3.05) is 0 Å². The number of thioether (sulfide) groups is 1. The molecule has 0 unspecified atom stereocenters. The molecule has 0 aromatic heterocycles. The molecule has 3 heteroatoms. The number of hydrogen-bond donors (Lipinski definition) is 0. The molecule has 0 aliphatic heterocycles. The Labute approximate surface area is 113 Å². The summed E-state index contributed by atoms with van der Waals surface area (Å²) in [5.41, 5.74) is 2.39. The average molecular weight is 311 g/mol. The smallest absolute Gasteiger partial charge is 0.137 e.